The van der Waals surface area contributed by atoms with Crippen LogP contribution in [0.2, 0.25) is 0 Å². The number of benzene rings is 1. The van der Waals surface area contributed by atoms with Gasteiger partial charge in [0.05, 0.1) is 0 Å². The molecular formula is C39H60N6O6. The number of fused-ring (bicyclic) bond motifs is 3. The molecule has 3 atom stereocenters. The van der Waals surface area contributed by atoms with Crippen molar-refractivity contribution in [3.05, 3.63) is 52.7 Å². The van der Waals surface area contributed by atoms with Gasteiger partial charge in [0, 0.05) is 73.6 Å². The van der Waals surface area contributed by atoms with Crippen LogP contribution in [0.3, 0.4) is 0 Å². The summed E-state index contributed by atoms with van der Waals surface area (Å²) in [7, 11) is 0. The Hall–Kier alpha value is -4.19. The number of ether oxygens (including phenoxy) is 1. The van der Waals surface area contributed by atoms with E-state index in [0.717, 1.165) is 42.4 Å². The molecule has 5 amide bonds. The van der Waals surface area contributed by atoms with Crippen LogP contribution in [0.4, 0.5) is 10.5 Å². The van der Waals surface area contributed by atoms with Crippen molar-refractivity contribution >= 4 is 35.4 Å². The first-order valence-corrected chi connectivity index (χ1v) is 18.8. The van der Waals surface area contributed by atoms with Gasteiger partial charge in [0.1, 0.15) is 6.61 Å². The largest absolute Gasteiger partial charge is 0.449 e. The van der Waals surface area contributed by atoms with Crippen LogP contribution < -0.4 is 32.3 Å². The second kappa shape index (κ2) is 20.6. The van der Waals surface area contributed by atoms with Gasteiger partial charge in [-0.2, -0.15) is 0 Å². The number of allylic oxidation sites excluding steroid dienone is 2. The number of anilines is 1. The Balaban J connectivity index is 1.68. The van der Waals surface area contributed by atoms with E-state index in [2.05, 4.69) is 33.5 Å². The van der Waals surface area contributed by atoms with E-state index in [1.165, 1.54) is 0 Å². The maximum absolute atomic E-state index is 12.9. The molecule has 0 spiro atoms. The summed E-state index contributed by atoms with van der Waals surface area (Å²) in [5.41, 5.74) is 9.72. The number of hydrogen-bond donors (Lipinski definition) is 6. The summed E-state index contributed by atoms with van der Waals surface area (Å²) in [6, 6.07) is 5.84. The third kappa shape index (κ3) is 13.5. The molecule has 282 valence electrons. The van der Waals surface area contributed by atoms with Crippen molar-refractivity contribution in [1.29, 1.82) is 0 Å². The molecule has 7 N–H and O–H groups in total. The van der Waals surface area contributed by atoms with Crippen LogP contribution >= 0.6 is 0 Å². The minimum absolute atomic E-state index is 0.0158. The highest BCUT2D eigenvalue weighted by molar-refractivity contribution is 5.91. The van der Waals surface area contributed by atoms with E-state index in [9.17, 15) is 24.0 Å². The number of unbranched alkanes of at least 4 members (excludes halogenated alkanes) is 1. The molecule has 0 radical (unpaired) electrons. The van der Waals surface area contributed by atoms with Gasteiger partial charge in [0.2, 0.25) is 23.6 Å². The summed E-state index contributed by atoms with van der Waals surface area (Å²) in [6.45, 7) is 11.2. The maximum Gasteiger partial charge on any atom is 0.407 e. The van der Waals surface area contributed by atoms with E-state index in [0.29, 0.717) is 56.6 Å². The highest BCUT2D eigenvalue weighted by Crippen LogP contribution is 2.50. The lowest BCUT2D eigenvalue weighted by Crippen LogP contribution is -2.45. The first-order valence-electron chi connectivity index (χ1n) is 18.8. The van der Waals surface area contributed by atoms with Crippen molar-refractivity contribution < 1.29 is 28.7 Å². The van der Waals surface area contributed by atoms with Crippen molar-refractivity contribution in [2.24, 2.45) is 5.73 Å². The predicted octanol–water partition coefficient (Wildman–Crippen LogP) is 5.55. The van der Waals surface area contributed by atoms with Crippen molar-refractivity contribution in [3.8, 4) is 0 Å². The molecule has 0 heterocycles. The molecule has 0 saturated carbocycles. The first-order chi connectivity index (χ1) is 24.4. The number of hydrogen-bond acceptors (Lipinski definition) is 7. The smallest absolute Gasteiger partial charge is 0.407 e. The van der Waals surface area contributed by atoms with Gasteiger partial charge in [0.15, 0.2) is 0 Å². The molecule has 2 aliphatic carbocycles. The van der Waals surface area contributed by atoms with Gasteiger partial charge in [-0.3, -0.25) is 19.2 Å². The van der Waals surface area contributed by atoms with Crippen LogP contribution in [0.1, 0.15) is 135 Å². The Morgan fingerprint density at radius 1 is 0.863 bits per heavy atom. The number of nitrogens with two attached hydrogens (primary N) is 1. The lowest BCUT2D eigenvalue weighted by atomic mass is 9.87. The monoisotopic (exact) mass is 708 g/mol. The van der Waals surface area contributed by atoms with E-state index in [1.807, 2.05) is 58.0 Å². The van der Waals surface area contributed by atoms with Crippen molar-refractivity contribution in [2.45, 2.75) is 135 Å². The van der Waals surface area contributed by atoms with Crippen LogP contribution in [0.5, 0.6) is 0 Å². The number of nitrogens with one attached hydrogen (secondary N) is 5. The Labute approximate surface area is 303 Å². The topological polar surface area (TPSA) is 181 Å². The number of alkyl carbamates (subject to hydrolysis) is 1. The van der Waals surface area contributed by atoms with Crippen LogP contribution in [0.25, 0.3) is 0 Å². The zero-order chi connectivity index (χ0) is 37.4. The van der Waals surface area contributed by atoms with Crippen LogP contribution in [0.15, 0.2) is 41.6 Å². The molecule has 0 bridgehead atoms. The minimum atomic E-state index is -0.489. The van der Waals surface area contributed by atoms with Crippen molar-refractivity contribution in [2.75, 3.05) is 25.0 Å². The van der Waals surface area contributed by atoms with Gasteiger partial charge in [-0.15, -0.1) is 0 Å². The fourth-order valence-electron chi connectivity index (χ4n) is 6.25. The van der Waals surface area contributed by atoms with Gasteiger partial charge >= 0.3 is 6.09 Å². The molecule has 12 nitrogen and oxygen atoms in total. The van der Waals surface area contributed by atoms with Gasteiger partial charge in [0.25, 0.3) is 0 Å². The molecule has 1 aromatic rings. The molecule has 51 heavy (non-hydrogen) atoms. The molecule has 1 aromatic carbocycles. The summed E-state index contributed by atoms with van der Waals surface area (Å²) < 4.78 is 5.83. The van der Waals surface area contributed by atoms with Crippen LogP contribution in [0, 0.1) is 0 Å². The molecule has 0 aliphatic heterocycles. The molecular weight excluding hydrogens is 648 g/mol. The average Bonchev–Trinajstić information content (AvgIpc) is 3.38. The average molecular weight is 709 g/mol. The van der Waals surface area contributed by atoms with Crippen LogP contribution in [-0.2, 0) is 23.9 Å². The van der Waals surface area contributed by atoms with Crippen molar-refractivity contribution in [1.82, 2.24) is 21.3 Å². The van der Waals surface area contributed by atoms with E-state index in [1.54, 1.807) is 0 Å². The SMILES string of the molecule is CCCCNC(=O)CCCC(=O)Nc1ccc2c(c1)C(COC(=O)NC(C)(CC)CC)C1=CC(NC(=O)CCCC(=O)NCCC(C)N)=CCC12. The molecule has 0 fully saturated rings. The summed E-state index contributed by atoms with van der Waals surface area (Å²) in [5.74, 6) is -0.746. The Morgan fingerprint density at radius 2 is 1.49 bits per heavy atom. The van der Waals surface area contributed by atoms with E-state index >= 15 is 0 Å². The first kappa shape index (κ1) is 41.2. The summed E-state index contributed by atoms with van der Waals surface area (Å²) in [4.78, 5) is 62.7. The van der Waals surface area contributed by atoms with E-state index < -0.39 is 6.09 Å². The Bertz CT molecular complexity index is 1430. The van der Waals surface area contributed by atoms with E-state index in [-0.39, 0.29) is 72.9 Å². The molecule has 0 saturated heterocycles. The van der Waals surface area contributed by atoms with E-state index in [4.69, 9.17) is 10.5 Å². The fourth-order valence-corrected chi connectivity index (χ4v) is 6.25. The molecule has 2 aliphatic rings. The zero-order valence-corrected chi connectivity index (χ0v) is 31.3. The van der Waals surface area contributed by atoms with Gasteiger partial charge in [-0.05, 0) is 93.7 Å². The van der Waals surface area contributed by atoms with Gasteiger partial charge in [-0.1, -0.05) is 39.3 Å². The number of carbonyl (C=O) groups is 5. The summed E-state index contributed by atoms with van der Waals surface area (Å²) >= 11 is 0. The minimum Gasteiger partial charge on any atom is -0.449 e. The third-order valence-electron chi connectivity index (χ3n) is 9.84. The number of rotatable bonds is 21. The summed E-state index contributed by atoms with van der Waals surface area (Å²) in [5, 5.41) is 14.7. The predicted molar refractivity (Wildman–Crippen MR) is 200 cm³/mol. The fraction of sp³-hybridized carbons (Fsp3) is 0.615. The number of amides is 5. The Morgan fingerprint density at radius 3 is 2.12 bits per heavy atom. The quantitative estimate of drug-likeness (QED) is 0.0906. The zero-order valence-electron chi connectivity index (χ0n) is 31.3. The molecule has 3 unspecified atom stereocenters. The lowest BCUT2D eigenvalue weighted by molar-refractivity contribution is -0.123. The highest BCUT2D eigenvalue weighted by Gasteiger charge is 2.38. The van der Waals surface area contributed by atoms with Gasteiger partial charge < -0.3 is 37.1 Å². The van der Waals surface area contributed by atoms with Gasteiger partial charge in [-0.25, -0.2) is 4.79 Å². The number of carbonyl (C=O) groups excluding carboxylic acids is 5. The standard InChI is InChI=1S/C39H60N6O6/c1-6-9-21-41-34(46)12-10-14-36(48)43-27-16-18-29-30-19-17-28(44-37(49)15-11-13-35(47)42-22-20-26(4)40)24-32(30)33(31(29)23-27)25-51-38(50)45-39(5,7-2)8-3/h16-18,23-24,26,30,33H,6-15,19-22,25,40H2,1-5H3,(H,41,46)(H,42,47)(H,43,48)(H,44,49)(H,45,50). The lowest BCUT2D eigenvalue weighted by Gasteiger charge is -2.28. The van der Waals surface area contributed by atoms with Crippen LogP contribution in [-0.4, -0.2) is 61.0 Å². The second-order valence-electron chi connectivity index (χ2n) is 14.1. The molecule has 3 rings (SSSR count). The van der Waals surface area contributed by atoms with Crippen molar-refractivity contribution in [3.63, 3.8) is 0 Å². The normalized spacial score (nSPS) is 16.8. The highest BCUT2D eigenvalue weighted by atomic mass is 16.5. The second-order valence-corrected chi connectivity index (χ2v) is 14.1. The summed E-state index contributed by atoms with van der Waals surface area (Å²) in [6.07, 6.45) is 10.1. The Kier molecular flexibility index (Phi) is 16.7. The third-order valence-corrected chi connectivity index (χ3v) is 9.84. The molecule has 12 heteroatoms. The molecule has 0 aromatic heterocycles. The maximum atomic E-state index is 12.9.